The topological polar surface area (TPSA) is 102 Å². The van der Waals surface area contributed by atoms with Gasteiger partial charge in [0.15, 0.2) is 0 Å². The van der Waals surface area contributed by atoms with Gasteiger partial charge in [-0.1, -0.05) is 18.2 Å². The first kappa shape index (κ1) is 17.6. The molecule has 23 heavy (non-hydrogen) atoms. The first-order chi connectivity index (χ1) is 10.7. The highest BCUT2D eigenvalue weighted by molar-refractivity contribution is 7.89. The van der Waals surface area contributed by atoms with E-state index >= 15 is 0 Å². The zero-order chi connectivity index (χ0) is 17.1. The Morgan fingerprint density at radius 1 is 1.26 bits per heavy atom. The molecule has 2 rings (SSSR count). The number of rotatable bonds is 5. The normalized spacial score (nSPS) is 18.6. The highest BCUT2D eigenvalue weighted by Crippen LogP contribution is 2.15. The molecule has 1 aliphatic heterocycles. The minimum Gasteiger partial charge on any atom is -0.391 e. The number of carbonyl (C=O) groups is 2. The Kier molecular flexibility index (Phi) is 5.18. The van der Waals surface area contributed by atoms with E-state index in [1.165, 1.54) is 26.0 Å². The molecule has 0 bridgehead atoms. The van der Waals surface area contributed by atoms with E-state index in [0.717, 1.165) is 6.42 Å². The van der Waals surface area contributed by atoms with Gasteiger partial charge < -0.3 is 10.1 Å². The van der Waals surface area contributed by atoms with Crippen molar-refractivity contribution < 1.29 is 22.7 Å². The second-order valence-corrected chi connectivity index (χ2v) is 7.58. The maximum absolute atomic E-state index is 12.3. The summed E-state index contributed by atoms with van der Waals surface area (Å²) in [5.74, 6) is -1.62. The molecule has 1 aromatic carbocycles. The Hall–Kier alpha value is -1.77. The van der Waals surface area contributed by atoms with Gasteiger partial charge in [-0.3, -0.25) is 0 Å². The monoisotopic (exact) mass is 340 g/mol. The molecule has 0 aliphatic carbocycles. The van der Waals surface area contributed by atoms with Crippen LogP contribution in [0.2, 0.25) is 0 Å². The third-order valence-corrected chi connectivity index (χ3v) is 5.16. The fraction of sp³-hybridized carbons (Fsp3) is 0.467. The number of nitrogens with one attached hydrogen (secondary N) is 2. The van der Waals surface area contributed by atoms with E-state index in [-0.39, 0.29) is 4.90 Å². The van der Waals surface area contributed by atoms with Crippen LogP contribution in [0, 0.1) is 0 Å². The summed E-state index contributed by atoms with van der Waals surface area (Å²) in [4.78, 5) is 24.0. The lowest BCUT2D eigenvalue weighted by atomic mass is 10.1. The Bertz CT molecular complexity index is 679. The molecular weight excluding hydrogens is 320 g/mol. The van der Waals surface area contributed by atoms with Crippen LogP contribution in [0.15, 0.2) is 35.2 Å². The molecule has 7 nitrogen and oxygen atoms in total. The number of ether oxygens (including phenoxy) is 1. The van der Waals surface area contributed by atoms with Crippen molar-refractivity contribution >= 4 is 22.0 Å². The quantitative estimate of drug-likeness (QED) is 0.600. The van der Waals surface area contributed by atoms with Crippen LogP contribution in [0.4, 0.5) is 0 Å². The Labute approximate surface area is 135 Å². The second-order valence-electron chi connectivity index (χ2n) is 5.90. The predicted octanol–water partition coefficient (Wildman–Crippen LogP) is 0.565. The number of esters is 2. The Morgan fingerprint density at radius 2 is 1.91 bits per heavy atom. The lowest BCUT2D eigenvalue weighted by Gasteiger charge is -2.23. The van der Waals surface area contributed by atoms with E-state index in [4.69, 9.17) is 4.74 Å². The molecule has 0 radical (unpaired) electrons. The van der Waals surface area contributed by atoms with Gasteiger partial charge in [0, 0.05) is 0 Å². The maximum Gasteiger partial charge on any atom is 0.334 e. The smallest absolute Gasteiger partial charge is 0.334 e. The molecule has 1 atom stereocenters. The largest absolute Gasteiger partial charge is 0.391 e. The number of hydrogen-bond acceptors (Lipinski definition) is 6. The molecule has 1 fully saturated rings. The average Bonchev–Trinajstić information content (AvgIpc) is 3.01. The zero-order valence-corrected chi connectivity index (χ0v) is 13.9. The summed E-state index contributed by atoms with van der Waals surface area (Å²) in [6.45, 7) is 3.40. The molecule has 2 N–H and O–H groups in total. The Morgan fingerprint density at radius 3 is 2.48 bits per heavy atom. The maximum atomic E-state index is 12.3. The van der Waals surface area contributed by atoms with Gasteiger partial charge in [-0.15, -0.1) is 0 Å². The van der Waals surface area contributed by atoms with Crippen LogP contribution >= 0.6 is 0 Å². The molecule has 0 aromatic heterocycles. The molecular formula is C15H20N2O5S. The minimum absolute atomic E-state index is 0.0321. The summed E-state index contributed by atoms with van der Waals surface area (Å²) >= 11 is 0. The molecule has 8 heteroatoms. The van der Waals surface area contributed by atoms with Crippen LogP contribution in [0.1, 0.15) is 26.7 Å². The van der Waals surface area contributed by atoms with Crippen LogP contribution < -0.4 is 10.0 Å². The molecule has 1 heterocycles. The van der Waals surface area contributed by atoms with Gasteiger partial charge in [0.1, 0.15) is 11.6 Å². The first-order valence-electron chi connectivity index (χ1n) is 7.31. The fourth-order valence-electron chi connectivity index (χ4n) is 2.21. The van der Waals surface area contributed by atoms with Crippen LogP contribution in [0.25, 0.3) is 0 Å². The van der Waals surface area contributed by atoms with Crippen LogP contribution in [0.5, 0.6) is 0 Å². The second kappa shape index (κ2) is 6.77. The molecule has 126 valence electrons. The van der Waals surface area contributed by atoms with Crippen LogP contribution in [-0.2, 0) is 24.3 Å². The van der Waals surface area contributed by atoms with Crippen molar-refractivity contribution in [3.8, 4) is 0 Å². The van der Waals surface area contributed by atoms with Gasteiger partial charge in [0.25, 0.3) is 0 Å². The van der Waals surface area contributed by atoms with Crippen molar-refractivity contribution in [2.45, 2.75) is 43.2 Å². The number of sulfonamides is 1. The van der Waals surface area contributed by atoms with Gasteiger partial charge in [-0.05, 0) is 45.4 Å². The van der Waals surface area contributed by atoms with Gasteiger partial charge in [0.2, 0.25) is 10.0 Å². The highest BCUT2D eigenvalue weighted by Gasteiger charge is 2.37. The highest BCUT2D eigenvalue weighted by atomic mass is 32.2. The van der Waals surface area contributed by atoms with Crippen molar-refractivity contribution in [2.24, 2.45) is 0 Å². The van der Waals surface area contributed by atoms with E-state index in [1.54, 1.807) is 18.2 Å². The van der Waals surface area contributed by atoms with E-state index in [9.17, 15) is 18.0 Å². The zero-order valence-electron chi connectivity index (χ0n) is 13.0. The van der Waals surface area contributed by atoms with E-state index < -0.39 is 33.5 Å². The van der Waals surface area contributed by atoms with Crippen LogP contribution in [0.3, 0.4) is 0 Å². The standard InChI is InChI=1S/C15H20N2O5S/c1-15(2,14(19)22-13(18)12-9-6-10-16-12)17-23(20,21)11-7-4-3-5-8-11/h3-5,7-8,12,16-17H,6,9-10H2,1-2H3/t12-/m0/s1. The third-order valence-electron chi connectivity index (χ3n) is 3.49. The summed E-state index contributed by atoms with van der Waals surface area (Å²) in [5.41, 5.74) is -1.57. The minimum atomic E-state index is -3.90. The summed E-state index contributed by atoms with van der Waals surface area (Å²) in [5, 5.41) is 2.92. The molecule has 0 unspecified atom stereocenters. The third kappa shape index (κ3) is 4.37. The molecule has 0 spiro atoms. The van der Waals surface area contributed by atoms with Gasteiger partial charge in [-0.25, -0.2) is 18.0 Å². The van der Waals surface area contributed by atoms with Gasteiger partial charge >= 0.3 is 11.9 Å². The van der Waals surface area contributed by atoms with Crippen LogP contribution in [-0.4, -0.2) is 38.5 Å². The summed E-state index contributed by atoms with van der Waals surface area (Å²) in [6, 6.07) is 7.16. The Balaban J connectivity index is 2.05. The number of carbonyl (C=O) groups excluding carboxylic acids is 2. The SMILES string of the molecule is CC(C)(NS(=O)(=O)c1ccccc1)C(=O)OC(=O)[C@@H]1CCCN1. The van der Waals surface area contributed by atoms with Gasteiger partial charge in [-0.2, -0.15) is 4.72 Å². The van der Waals surface area contributed by atoms with Crippen molar-refractivity contribution in [2.75, 3.05) is 6.54 Å². The number of benzene rings is 1. The summed E-state index contributed by atoms with van der Waals surface area (Å²) in [7, 11) is -3.90. The molecule has 1 saturated heterocycles. The fourth-order valence-corrected chi connectivity index (χ4v) is 3.60. The van der Waals surface area contributed by atoms with Crippen molar-refractivity contribution in [3.63, 3.8) is 0 Å². The number of hydrogen-bond donors (Lipinski definition) is 2. The van der Waals surface area contributed by atoms with E-state index in [0.29, 0.717) is 13.0 Å². The lowest BCUT2D eigenvalue weighted by Crippen LogP contribution is -2.52. The van der Waals surface area contributed by atoms with E-state index in [1.807, 2.05) is 0 Å². The van der Waals surface area contributed by atoms with Gasteiger partial charge in [0.05, 0.1) is 4.90 Å². The molecule has 1 aromatic rings. The predicted molar refractivity (Wildman–Crippen MR) is 83.0 cm³/mol. The van der Waals surface area contributed by atoms with Crippen molar-refractivity contribution in [1.82, 2.24) is 10.0 Å². The van der Waals surface area contributed by atoms with E-state index in [2.05, 4.69) is 10.0 Å². The molecule has 0 saturated carbocycles. The average molecular weight is 340 g/mol. The summed E-state index contributed by atoms with van der Waals surface area (Å²) in [6.07, 6.45) is 1.43. The molecule has 0 amide bonds. The summed E-state index contributed by atoms with van der Waals surface area (Å²) < 4.78 is 31.6. The molecule has 1 aliphatic rings. The first-order valence-corrected chi connectivity index (χ1v) is 8.79. The lowest BCUT2D eigenvalue weighted by molar-refractivity contribution is -0.164. The van der Waals surface area contributed by atoms with Crippen molar-refractivity contribution in [1.29, 1.82) is 0 Å². The van der Waals surface area contributed by atoms with Crippen molar-refractivity contribution in [3.05, 3.63) is 30.3 Å².